The van der Waals surface area contributed by atoms with Crippen LogP contribution >= 0.6 is 0 Å². The number of anilines is 2. The Hall–Kier alpha value is -14.7. The monoisotopic (exact) mass is 1410 g/mol. The Kier molecular flexibility index (Phi) is 21.5. The largest absolute Gasteiger partial charge is 0.279 e. The Morgan fingerprint density at radius 3 is 0.644 bits per heavy atom. The third-order valence-corrected chi connectivity index (χ3v) is 15.7. The van der Waals surface area contributed by atoms with E-state index in [9.17, 15) is 105 Å². The summed E-state index contributed by atoms with van der Waals surface area (Å²) in [4.78, 5) is 265. The zero-order valence-electron chi connectivity index (χ0n) is 53.5. The number of nitrogens with zero attached hydrogens (tertiary/aromatic N) is 11. The van der Waals surface area contributed by atoms with Gasteiger partial charge >= 0.3 is 0 Å². The molecule has 0 N–H and O–H groups in total. The summed E-state index contributed by atoms with van der Waals surface area (Å²) in [6, 6.07) is 21.5. The first-order chi connectivity index (χ1) is 49.6. The molecule has 3 aromatic rings. The third kappa shape index (κ3) is 16.5. The van der Waals surface area contributed by atoms with Gasteiger partial charge in [0.05, 0.1) is 24.5 Å². The highest BCUT2D eigenvalue weighted by molar-refractivity contribution is 6.29. The molecule has 0 saturated carbocycles. The number of hydrogen-bond acceptors (Lipinski definition) is 23. The maximum atomic E-state index is 11.8. The van der Waals surface area contributed by atoms with Gasteiger partial charge in [0, 0.05) is 159 Å². The number of hydrogen-bond donors (Lipinski definition) is 0. The average molecular weight is 1410 g/mol. The zero-order valence-corrected chi connectivity index (χ0v) is 53.5. The summed E-state index contributed by atoms with van der Waals surface area (Å²) < 4.78 is 0. The molecule has 0 aromatic heterocycles. The zero-order chi connectivity index (χ0) is 74.8. The lowest BCUT2D eigenvalue weighted by Gasteiger charge is -2.28. The summed E-state index contributed by atoms with van der Waals surface area (Å²) in [5, 5.41) is 0.644. The molecule has 0 atom stereocenters. The molecule has 0 bridgehead atoms. The van der Waals surface area contributed by atoms with Crippen LogP contribution in [0.4, 0.5) is 11.4 Å². The molecule has 34 nitrogen and oxygen atoms in total. The van der Waals surface area contributed by atoms with Crippen molar-refractivity contribution in [3.8, 4) is 0 Å². The van der Waals surface area contributed by atoms with Crippen molar-refractivity contribution in [2.75, 3.05) is 36.1 Å². The highest BCUT2D eigenvalue weighted by Gasteiger charge is 2.38. The Balaban J connectivity index is 0.000000142. The van der Waals surface area contributed by atoms with Crippen LogP contribution in [0.5, 0.6) is 0 Å². The second-order valence-corrected chi connectivity index (χ2v) is 22.6. The number of carbonyl (C=O) groups excluding carboxylic acids is 22. The van der Waals surface area contributed by atoms with Crippen LogP contribution in [0.2, 0.25) is 0 Å². The Labute approximate surface area is 584 Å². The van der Waals surface area contributed by atoms with Crippen molar-refractivity contribution >= 4 is 141 Å². The highest BCUT2D eigenvalue weighted by atomic mass is 16.9. The number of benzene rings is 3. The van der Waals surface area contributed by atoms with E-state index >= 15 is 0 Å². The summed E-state index contributed by atoms with van der Waals surface area (Å²) >= 11 is 0. The second-order valence-electron chi connectivity index (χ2n) is 22.6. The fourth-order valence-corrected chi connectivity index (χ4v) is 10.4. The van der Waals surface area contributed by atoms with E-state index < -0.39 is 88.6 Å². The van der Waals surface area contributed by atoms with Crippen LogP contribution in [0, 0.1) is 5.92 Å². The van der Waals surface area contributed by atoms with Gasteiger partial charge in [-0.1, -0.05) is 48.5 Å². The number of amides is 22. The Morgan fingerprint density at radius 2 is 0.404 bits per heavy atom. The summed E-state index contributed by atoms with van der Waals surface area (Å²) in [6.07, 6.45) is 25.6. The van der Waals surface area contributed by atoms with Crippen molar-refractivity contribution in [1.29, 1.82) is 0 Å². The smallest absolute Gasteiger partial charge is 0.275 e. The minimum Gasteiger partial charge on any atom is -0.275 e. The first-order valence-corrected chi connectivity index (χ1v) is 30.6. The van der Waals surface area contributed by atoms with E-state index in [1.54, 1.807) is 48.5 Å². The molecule has 11 aliphatic rings. The molecule has 0 fully saturated rings. The van der Waals surface area contributed by atoms with Crippen molar-refractivity contribution in [1.82, 2.24) is 44.4 Å². The quantitative estimate of drug-likeness (QED) is 0.131. The van der Waals surface area contributed by atoms with Gasteiger partial charge in [-0.15, -0.1) is 15.1 Å². The van der Waals surface area contributed by atoms with Crippen LogP contribution in [0.3, 0.4) is 0 Å². The molecule has 0 radical (unpaired) electrons. The molecule has 14 rings (SSSR count). The number of hydroxylamine groups is 4. The lowest BCUT2D eigenvalue weighted by Crippen LogP contribution is -2.47. The Bertz CT molecular complexity index is 4150. The highest BCUT2D eigenvalue weighted by Crippen LogP contribution is 2.25. The maximum absolute atomic E-state index is 11.8. The Morgan fingerprint density at radius 1 is 0.212 bits per heavy atom. The van der Waals surface area contributed by atoms with Crippen LogP contribution in [-0.2, 0) is 130 Å². The fraction of sp³-hybridized carbons (Fsp3) is 0.114. The normalized spacial score (nSPS) is 18.4. The number of carbonyl (C=O) groups is 22. The predicted octanol–water partition coefficient (Wildman–Crippen LogP) is -1.47. The minimum atomic E-state index is -0.743. The van der Waals surface area contributed by atoms with Gasteiger partial charge in [-0.05, 0) is 52.9 Å². The van der Waals surface area contributed by atoms with Crippen LogP contribution in [0.15, 0.2) is 206 Å². The third-order valence-electron chi connectivity index (χ3n) is 15.7. The lowest BCUT2D eigenvalue weighted by molar-refractivity contribution is -0.266. The van der Waals surface area contributed by atoms with Crippen LogP contribution in [-0.4, -0.2) is 201 Å². The van der Waals surface area contributed by atoms with E-state index in [1.807, 2.05) is 24.3 Å². The number of rotatable bonds is 18. The van der Waals surface area contributed by atoms with Gasteiger partial charge in [0.2, 0.25) is 0 Å². The molecule has 0 unspecified atom stereocenters. The first-order valence-electron chi connectivity index (χ1n) is 30.6. The summed E-state index contributed by atoms with van der Waals surface area (Å²) in [6.45, 7) is -0.298. The van der Waals surface area contributed by atoms with Gasteiger partial charge in [-0.25, -0.2) is 9.80 Å². The van der Waals surface area contributed by atoms with Gasteiger partial charge in [-0.2, -0.15) is 0 Å². The van der Waals surface area contributed by atoms with Gasteiger partial charge in [0.15, 0.2) is 0 Å². The number of imide groups is 11. The van der Waals surface area contributed by atoms with E-state index in [0.29, 0.717) is 27.9 Å². The fourth-order valence-electron chi connectivity index (χ4n) is 10.4. The van der Waals surface area contributed by atoms with Crippen molar-refractivity contribution in [2.45, 2.75) is 19.5 Å². The van der Waals surface area contributed by atoms with Gasteiger partial charge < -0.3 is 0 Å². The first kappa shape index (κ1) is 72.1. The summed E-state index contributed by atoms with van der Waals surface area (Å²) in [5.74, 6) is -11.5. The van der Waals surface area contributed by atoms with E-state index in [4.69, 9.17) is 0 Å². The molecule has 104 heavy (non-hydrogen) atoms. The lowest BCUT2D eigenvalue weighted by atomic mass is 10.0. The van der Waals surface area contributed by atoms with Crippen molar-refractivity contribution in [3.63, 3.8) is 0 Å². The van der Waals surface area contributed by atoms with Gasteiger partial charge in [-0.3, -0.25) is 140 Å². The molecule has 0 saturated heterocycles. The molecule has 11 heterocycles. The molecule has 11 aliphatic heterocycles. The molecule has 0 aliphatic carbocycles. The second kappa shape index (κ2) is 31.0. The molecule has 3 aromatic carbocycles. The van der Waals surface area contributed by atoms with E-state index in [2.05, 4.69) is 4.94 Å². The molecular weight excluding hydrogens is 1360 g/mol. The molecule has 0 spiro atoms. The van der Waals surface area contributed by atoms with Crippen LogP contribution < -0.4 is 9.80 Å². The average Bonchev–Trinajstić information content (AvgIpc) is 1.50. The SMILES string of the molecule is O=C1C=CC(=O)N1CC(CN1C(=O)C=CC1=O)CN1C(=O)C=CC1=O.O=C1C=CC(=O)N1CN1C(=O)C=CC1=O.O=C1C=CC(=O)N1Cc1ccc(CN2C(=O)C=CC2=O)cc1.O=C1C=CC(=O)N1ON1C(=O)C=CC1=O.O=C1C=CC(=O)N1c1ccc(Cc2ccc(N3C(=O)C=CC3=O)cc2)cc1. The van der Waals surface area contributed by atoms with E-state index in [-0.39, 0.29) is 86.6 Å². The summed E-state index contributed by atoms with van der Waals surface area (Å²) in [5.41, 5.74) is 4.68. The molecule has 22 amide bonds. The molecule has 34 heteroatoms. The minimum absolute atomic E-state index is 0.126. The molecule has 522 valence electrons. The van der Waals surface area contributed by atoms with E-state index in [0.717, 1.165) is 151 Å². The topological polar surface area (TPSA) is 420 Å². The summed E-state index contributed by atoms with van der Waals surface area (Å²) in [7, 11) is 0. The predicted molar refractivity (Wildman–Crippen MR) is 346 cm³/mol. The van der Waals surface area contributed by atoms with Crippen molar-refractivity contribution < 1.29 is 110 Å². The van der Waals surface area contributed by atoms with Gasteiger partial charge in [0.1, 0.15) is 6.67 Å². The van der Waals surface area contributed by atoms with E-state index in [1.165, 1.54) is 48.6 Å². The standard InChI is InChI=1S/C21H14N2O4.C16H13N3O6.C16H12N2O4.C9H6N2O4.C8H4N2O5/c24-18-9-10-19(25)22(18)16-5-1-14(2-6-16)13-15-3-7-17(8-4-15)23-20(26)11-12-21(23)27;20-11-1-2-12(21)17(11)7-10(8-18-13(22)3-4-14(18)23)9-19-15(24)5-6-16(19)25;19-13-5-6-14(20)17(13)9-11-1-2-12(4-3-11)10-18-15(21)7-8-16(18)22;12-6-1-2-7(13)10(6)5-11-8(14)3-4-9(11)15;11-5-1-2-6(12)9(5)15-10-7(13)3-4-8(10)14/h1-12H,13H2;1-6,10H,7-9H2;1-8H,9-10H2;1-4H,5H2;1-4H. The maximum Gasteiger partial charge on any atom is 0.279 e. The van der Waals surface area contributed by atoms with Crippen molar-refractivity contribution in [2.24, 2.45) is 5.92 Å². The van der Waals surface area contributed by atoms with Crippen LogP contribution in [0.25, 0.3) is 0 Å². The van der Waals surface area contributed by atoms with Crippen molar-refractivity contribution in [3.05, 3.63) is 229 Å². The molecular formula is C70H49N11O23. The van der Waals surface area contributed by atoms with Crippen LogP contribution in [0.1, 0.15) is 22.3 Å². The van der Waals surface area contributed by atoms with Gasteiger partial charge in [0.25, 0.3) is 130 Å².